The molecule has 0 saturated carbocycles. The molecule has 0 bridgehead atoms. The number of hydrogen-bond acceptors (Lipinski definition) is 0. The maximum absolute atomic E-state index is 12.2. The van der Waals surface area contributed by atoms with E-state index in [4.69, 9.17) is 0 Å². The maximum atomic E-state index is 12.2. The molecule has 5 rings (SSSR count). The number of allylic oxidation sites excluding steroid dienone is 4. The van der Waals surface area contributed by atoms with Crippen LogP contribution in [0.25, 0.3) is 21.5 Å². The number of rotatable bonds is 2. The van der Waals surface area contributed by atoms with E-state index >= 15 is 0 Å². The Morgan fingerprint density at radius 1 is 0.889 bits per heavy atom. The average Bonchev–Trinajstić information content (AvgIpc) is 3.41. The zero-order chi connectivity index (χ0) is 24.7. The maximum Gasteiger partial charge on any atom is -0.0771 e. The van der Waals surface area contributed by atoms with Crippen LogP contribution in [0.5, 0.6) is 0 Å². The monoisotopic (exact) mass is 596 g/mol. The van der Waals surface area contributed by atoms with Gasteiger partial charge in [0, 0.05) is 0 Å². The van der Waals surface area contributed by atoms with Crippen LogP contribution < -0.4 is 24.8 Å². The number of hydrogen-bond donors (Lipinski definition) is 0. The molecule has 0 aliphatic heterocycles. The van der Waals surface area contributed by atoms with Gasteiger partial charge in [0.05, 0.1) is 0 Å². The predicted molar refractivity (Wildman–Crippen MR) is 142 cm³/mol. The second-order valence-electron chi connectivity index (χ2n) is 9.61. The fraction of sp³-hybridized carbons (Fsp3) is 0.250. The molecule has 1 atom stereocenters. The molecular formula is C32H33Cl2FZr-2. The zero-order valence-corrected chi connectivity index (χ0v) is 25.5. The van der Waals surface area contributed by atoms with E-state index in [1.54, 1.807) is 12.1 Å². The van der Waals surface area contributed by atoms with Gasteiger partial charge in [-0.1, -0.05) is 88.8 Å². The Morgan fingerprint density at radius 2 is 1.39 bits per heavy atom. The standard InChI is InChI=1S/C13H9.C12H19.C7H5F.2ClH.Zr/c1-3-7-12-10(5-1)9-11-6-2-4-8-13(11)12;1-6-10-7-9(2)8-11(10)12(3,4)5;1-6-2-4-7(8)5-3-6;;;/h1-9H;8-9H,6H2,1-5H3;1-5H;2*1H;/q2*-1;;;;+2/p-2. The van der Waals surface area contributed by atoms with E-state index in [2.05, 4.69) is 101 Å². The molecule has 188 valence electrons. The molecule has 0 N–H and O–H groups in total. The van der Waals surface area contributed by atoms with E-state index in [1.807, 2.05) is 3.71 Å². The Balaban J connectivity index is 0.000000267. The van der Waals surface area contributed by atoms with Crippen molar-refractivity contribution in [2.45, 2.75) is 41.0 Å². The first-order valence-corrected chi connectivity index (χ1v) is 13.3. The van der Waals surface area contributed by atoms with Gasteiger partial charge in [0.15, 0.2) is 0 Å². The third kappa shape index (κ3) is 8.69. The molecule has 36 heavy (non-hydrogen) atoms. The molecule has 1 unspecified atom stereocenters. The summed E-state index contributed by atoms with van der Waals surface area (Å²) < 4.78 is 14.2. The molecule has 0 aromatic heterocycles. The van der Waals surface area contributed by atoms with Crippen LogP contribution in [0.15, 0.2) is 96.1 Å². The summed E-state index contributed by atoms with van der Waals surface area (Å²) in [5, 5.41) is 5.39. The molecule has 1 aliphatic rings. The zero-order valence-electron chi connectivity index (χ0n) is 21.6. The van der Waals surface area contributed by atoms with Crippen molar-refractivity contribution in [3.63, 3.8) is 0 Å². The molecular weight excluding hydrogens is 565 g/mol. The first-order chi connectivity index (χ1) is 16.2. The summed E-state index contributed by atoms with van der Waals surface area (Å²) in [6.07, 6.45) is 6.95. The van der Waals surface area contributed by atoms with Crippen LogP contribution >= 0.6 is 0 Å². The third-order valence-corrected chi connectivity index (χ3v) is 6.68. The molecule has 0 heterocycles. The topological polar surface area (TPSA) is 0 Å². The Labute approximate surface area is 243 Å². The van der Waals surface area contributed by atoms with E-state index in [0.717, 1.165) is 12.0 Å². The predicted octanol–water partition coefficient (Wildman–Crippen LogP) is 2.99. The van der Waals surface area contributed by atoms with E-state index in [-0.39, 0.29) is 30.6 Å². The van der Waals surface area contributed by atoms with Crippen molar-refractivity contribution >= 4 is 25.3 Å². The second-order valence-corrected chi connectivity index (χ2v) is 10.3. The van der Waals surface area contributed by atoms with Crippen LogP contribution in [0.3, 0.4) is 0 Å². The minimum absolute atomic E-state index is 0. The van der Waals surface area contributed by atoms with Gasteiger partial charge in [0.25, 0.3) is 0 Å². The van der Waals surface area contributed by atoms with Crippen molar-refractivity contribution in [2.24, 2.45) is 11.3 Å². The van der Waals surface area contributed by atoms with Crippen LogP contribution in [0, 0.1) is 23.2 Å². The van der Waals surface area contributed by atoms with Crippen molar-refractivity contribution in [3.05, 3.63) is 114 Å². The van der Waals surface area contributed by atoms with E-state index in [0.29, 0.717) is 11.3 Å². The summed E-state index contributed by atoms with van der Waals surface area (Å²) in [5.41, 5.74) is 4.31. The van der Waals surface area contributed by atoms with Crippen LogP contribution in [0.2, 0.25) is 0 Å². The van der Waals surface area contributed by atoms with Gasteiger partial charge in [-0.2, -0.15) is 11.6 Å². The quantitative estimate of drug-likeness (QED) is 0.312. The van der Waals surface area contributed by atoms with Crippen molar-refractivity contribution in [2.75, 3.05) is 0 Å². The largest absolute Gasteiger partial charge is 1.00 e. The van der Waals surface area contributed by atoms with Gasteiger partial charge in [-0.3, -0.25) is 6.08 Å². The smallest absolute Gasteiger partial charge is 0.0771 e. The third-order valence-electron chi connectivity index (χ3n) is 5.86. The molecule has 4 aromatic rings. The Kier molecular flexibility index (Phi) is 13.3. The minimum Gasteiger partial charge on any atom is -1.00 e. The van der Waals surface area contributed by atoms with Crippen LogP contribution in [-0.2, 0) is 24.2 Å². The molecule has 0 spiro atoms. The Bertz CT molecular complexity index is 1260. The summed E-state index contributed by atoms with van der Waals surface area (Å²) in [4.78, 5) is 0. The molecule has 0 saturated heterocycles. The van der Waals surface area contributed by atoms with E-state index in [1.165, 1.54) is 69.1 Å². The molecule has 0 nitrogen and oxygen atoms in total. The van der Waals surface area contributed by atoms with Crippen LogP contribution in [0.4, 0.5) is 4.39 Å². The summed E-state index contributed by atoms with van der Waals surface area (Å²) in [5.74, 6) is 0.352. The molecule has 0 amide bonds. The van der Waals surface area contributed by atoms with Crippen molar-refractivity contribution in [3.8, 4) is 0 Å². The molecule has 0 radical (unpaired) electrons. The second kappa shape index (κ2) is 14.9. The van der Waals surface area contributed by atoms with Gasteiger partial charge >= 0.3 is 68.0 Å². The van der Waals surface area contributed by atoms with Crippen molar-refractivity contribution in [1.82, 2.24) is 0 Å². The Morgan fingerprint density at radius 3 is 1.81 bits per heavy atom. The summed E-state index contributed by atoms with van der Waals surface area (Å²) in [7, 11) is 0. The van der Waals surface area contributed by atoms with Gasteiger partial charge in [-0.05, 0) is 0 Å². The molecule has 0 fully saturated rings. The first-order valence-electron chi connectivity index (χ1n) is 11.9. The number of fused-ring (bicyclic) bond motifs is 3. The Hall–Kier alpha value is -1.73. The van der Waals surface area contributed by atoms with Gasteiger partial charge < -0.3 is 24.8 Å². The summed E-state index contributed by atoms with van der Waals surface area (Å²) in [6.45, 7) is 11.2. The average molecular weight is 599 g/mol. The summed E-state index contributed by atoms with van der Waals surface area (Å²) >= 11 is 1.34. The fourth-order valence-electron chi connectivity index (χ4n) is 4.20. The first kappa shape index (κ1) is 32.3. The van der Waals surface area contributed by atoms with Gasteiger partial charge in [-0.15, -0.1) is 39.7 Å². The van der Waals surface area contributed by atoms with Crippen molar-refractivity contribution in [1.29, 1.82) is 0 Å². The molecule has 4 heteroatoms. The minimum atomic E-state index is -0.170. The number of halogens is 3. The van der Waals surface area contributed by atoms with Crippen LogP contribution in [-0.4, -0.2) is 3.71 Å². The normalized spacial score (nSPS) is 14.3. The van der Waals surface area contributed by atoms with Gasteiger partial charge in [0.1, 0.15) is 0 Å². The van der Waals surface area contributed by atoms with Crippen molar-refractivity contribution < 1.29 is 53.4 Å². The SMILES string of the molecule is CCC1=[C-]C(C)C=C1C(C)(C)C.Fc1ccc([CH]=[Zr+2])cc1.[Cl-].[Cl-].c1ccc2c(c1)[cH-]c1ccccc12. The van der Waals surface area contributed by atoms with Gasteiger partial charge in [-0.25, -0.2) is 5.57 Å². The van der Waals surface area contributed by atoms with Gasteiger partial charge in [0.2, 0.25) is 0 Å². The van der Waals surface area contributed by atoms with E-state index < -0.39 is 0 Å². The molecule has 4 aromatic carbocycles. The van der Waals surface area contributed by atoms with E-state index in [9.17, 15) is 4.39 Å². The fourth-order valence-corrected chi connectivity index (χ4v) is 4.68. The molecule has 1 aliphatic carbocycles. The van der Waals surface area contributed by atoms with Crippen LogP contribution in [0.1, 0.15) is 46.6 Å². The number of benzene rings is 3. The summed E-state index contributed by atoms with van der Waals surface area (Å²) in [6, 6.07) is 25.7.